The van der Waals surface area contributed by atoms with Gasteiger partial charge in [0.25, 0.3) is 0 Å². The van der Waals surface area contributed by atoms with Gasteiger partial charge in [-0.15, -0.1) is 0 Å². The van der Waals surface area contributed by atoms with E-state index in [-0.39, 0.29) is 18.7 Å². The summed E-state index contributed by atoms with van der Waals surface area (Å²) in [6.45, 7) is 4.00. The summed E-state index contributed by atoms with van der Waals surface area (Å²) in [4.78, 5) is 14.9. The van der Waals surface area contributed by atoms with Gasteiger partial charge in [0.2, 0.25) is 12.7 Å². The lowest BCUT2D eigenvalue weighted by molar-refractivity contribution is -0.121. The average Bonchev–Trinajstić information content (AvgIpc) is 3.16. The van der Waals surface area contributed by atoms with Crippen LogP contribution >= 0.6 is 0 Å². The molecular formula is C21H25N3O3. The normalized spacial score (nSPS) is 18.1. The maximum Gasteiger partial charge on any atom is 0.241 e. The van der Waals surface area contributed by atoms with Crippen molar-refractivity contribution in [3.63, 3.8) is 0 Å². The first-order valence-electron chi connectivity index (χ1n) is 9.45. The lowest BCUT2D eigenvalue weighted by Crippen LogP contribution is -2.48. The van der Waals surface area contributed by atoms with Crippen LogP contribution < -0.4 is 20.1 Å². The highest BCUT2D eigenvalue weighted by Crippen LogP contribution is 2.34. The van der Waals surface area contributed by atoms with Crippen molar-refractivity contribution in [2.75, 3.05) is 30.5 Å². The summed E-state index contributed by atoms with van der Waals surface area (Å²) in [6, 6.07) is 16.0. The molecule has 2 heterocycles. The molecule has 2 N–H and O–H groups in total. The van der Waals surface area contributed by atoms with E-state index >= 15 is 0 Å². The third kappa shape index (κ3) is 4.17. The van der Waals surface area contributed by atoms with Gasteiger partial charge >= 0.3 is 0 Å². The number of amides is 1. The van der Waals surface area contributed by atoms with Crippen LogP contribution in [0.4, 0.5) is 11.4 Å². The fraction of sp³-hybridized carbons (Fsp3) is 0.381. The minimum Gasteiger partial charge on any atom is -0.454 e. The maximum absolute atomic E-state index is 12.6. The molecule has 6 nitrogen and oxygen atoms in total. The average molecular weight is 367 g/mol. The monoisotopic (exact) mass is 367 g/mol. The number of likely N-dealkylation sites (tertiary alicyclic amines) is 1. The molecule has 0 radical (unpaired) electrons. The summed E-state index contributed by atoms with van der Waals surface area (Å²) in [5.74, 6) is 1.39. The maximum atomic E-state index is 12.6. The van der Waals surface area contributed by atoms with Gasteiger partial charge in [-0.25, -0.2) is 0 Å². The van der Waals surface area contributed by atoms with Gasteiger partial charge < -0.3 is 20.1 Å². The number of nitrogens with zero attached hydrogens (tertiary/aromatic N) is 1. The van der Waals surface area contributed by atoms with Crippen molar-refractivity contribution in [2.24, 2.45) is 0 Å². The standard InChI is InChI=1S/C21H25N3O3/c1-15(21(25)23-18-7-8-19-20(13-18)27-14-26-19)24-11-9-17(10-12-24)22-16-5-3-2-4-6-16/h2-8,13,15,17,22H,9-12,14H2,1H3,(H,23,25). The minimum atomic E-state index is -0.173. The van der Waals surface area contributed by atoms with Crippen molar-refractivity contribution in [1.29, 1.82) is 0 Å². The van der Waals surface area contributed by atoms with E-state index in [0.29, 0.717) is 17.5 Å². The van der Waals surface area contributed by atoms with Gasteiger partial charge in [0, 0.05) is 36.6 Å². The van der Waals surface area contributed by atoms with E-state index in [1.54, 1.807) is 0 Å². The summed E-state index contributed by atoms with van der Waals surface area (Å²) in [6.07, 6.45) is 2.05. The zero-order valence-corrected chi connectivity index (χ0v) is 15.5. The molecule has 0 saturated carbocycles. The summed E-state index contributed by atoms with van der Waals surface area (Å²) >= 11 is 0. The van der Waals surface area contributed by atoms with Crippen molar-refractivity contribution < 1.29 is 14.3 Å². The Balaban J connectivity index is 1.28. The van der Waals surface area contributed by atoms with E-state index in [0.717, 1.165) is 37.3 Å². The Labute approximate surface area is 159 Å². The van der Waals surface area contributed by atoms with E-state index in [9.17, 15) is 4.79 Å². The van der Waals surface area contributed by atoms with E-state index in [1.807, 2.05) is 43.3 Å². The first-order chi connectivity index (χ1) is 13.2. The smallest absolute Gasteiger partial charge is 0.241 e. The van der Waals surface area contributed by atoms with Gasteiger partial charge in [-0.05, 0) is 44.0 Å². The number of carbonyl (C=O) groups excluding carboxylic acids is 1. The van der Waals surface area contributed by atoms with Crippen LogP contribution in [0.5, 0.6) is 11.5 Å². The number of benzene rings is 2. The number of hydrogen-bond acceptors (Lipinski definition) is 5. The van der Waals surface area contributed by atoms with E-state index in [2.05, 4.69) is 27.7 Å². The predicted octanol–water partition coefficient (Wildman–Crippen LogP) is 3.32. The molecule has 2 aliphatic rings. The number of piperidine rings is 1. The highest BCUT2D eigenvalue weighted by atomic mass is 16.7. The molecular weight excluding hydrogens is 342 g/mol. The highest BCUT2D eigenvalue weighted by Gasteiger charge is 2.27. The number of anilines is 2. The second-order valence-electron chi connectivity index (χ2n) is 7.05. The van der Waals surface area contributed by atoms with Crippen LogP contribution in [0.3, 0.4) is 0 Å². The molecule has 1 atom stereocenters. The number of ether oxygens (including phenoxy) is 2. The molecule has 0 aliphatic carbocycles. The highest BCUT2D eigenvalue weighted by molar-refractivity contribution is 5.94. The Morgan fingerprint density at radius 3 is 2.56 bits per heavy atom. The van der Waals surface area contributed by atoms with Gasteiger partial charge in [-0.3, -0.25) is 9.69 Å². The molecule has 1 fully saturated rings. The van der Waals surface area contributed by atoms with E-state index in [4.69, 9.17) is 9.47 Å². The van der Waals surface area contributed by atoms with Crippen LogP contribution in [-0.4, -0.2) is 42.8 Å². The predicted molar refractivity (Wildman–Crippen MR) is 105 cm³/mol. The van der Waals surface area contributed by atoms with Gasteiger partial charge in [-0.1, -0.05) is 18.2 Å². The lowest BCUT2D eigenvalue weighted by Gasteiger charge is -2.36. The molecule has 2 aromatic rings. The van der Waals surface area contributed by atoms with Crippen LogP contribution in [0.25, 0.3) is 0 Å². The van der Waals surface area contributed by atoms with Crippen molar-refractivity contribution >= 4 is 17.3 Å². The van der Waals surface area contributed by atoms with Crippen molar-refractivity contribution in [3.8, 4) is 11.5 Å². The molecule has 1 unspecified atom stereocenters. The van der Waals surface area contributed by atoms with Gasteiger partial charge in [0.05, 0.1) is 6.04 Å². The molecule has 142 valence electrons. The molecule has 4 rings (SSSR count). The molecule has 0 spiro atoms. The van der Waals surface area contributed by atoms with Crippen molar-refractivity contribution in [1.82, 2.24) is 4.90 Å². The topological polar surface area (TPSA) is 62.8 Å². The van der Waals surface area contributed by atoms with Crippen LogP contribution in [0, 0.1) is 0 Å². The van der Waals surface area contributed by atoms with Crippen molar-refractivity contribution in [2.45, 2.75) is 31.8 Å². The first-order valence-corrected chi connectivity index (χ1v) is 9.45. The summed E-state index contributed by atoms with van der Waals surface area (Å²) in [7, 11) is 0. The number of para-hydroxylation sites is 1. The zero-order valence-electron chi connectivity index (χ0n) is 15.5. The van der Waals surface area contributed by atoms with E-state index in [1.165, 1.54) is 0 Å². The number of rotatable bonds is 5. The Hall–Kier alpha value is -2.73. The molecule has 1 saturated heterocycles. The molecule has 6 heteroatoms. The summed E-state index contributed by atoms with van der Waals surface area (Å²) in [5.41, 5.74) is 1.89. The molecule has 1 amide bonds. The van der Waals surface area contributed by atoms with Crippen LogP contribution in [0.15, 0.2) is 48.5 Å². The first kappa shape index (κ1) is 17.7. The molecule has 0 bridgehead atoms. The Morgan fingerprint density at radius 1 is 1.04 bits per heavy atom. The number of hydrogen-bond donors (Lipinski definition) is 2. The lowest BCUT2D eigenvalue weighted by atomic mass is 10.0. The quantitative estimate of drug-likeness (QED) is 0.849. The second-order valence-corrected chi connectivity index (χ2v) is 7.05. The van der Waals surface area contributed by atoms with Gasteiger partial charge in [0.1, 0.15) is 0 Å². The Bertz CT molecular complexity index is 789. The van der Waals surface area contributed by atoms with Crippen LogP contribution in [0.1, 0.15) is 19.8 Å². The van der Waals surface area contributed by atoms with Crippen molar-refractivity contribution in [3.05, 3.63) is 48.5 Å². The number of nitrogens with one attached hydrogen (secondary N) is 2. The Morgan fingerprint density at radius 2 is 1.78 bits per heavy atom. The fourth-order valence-corrected chi connectivity index (χ4v) is 3.59. The Kier molecular flexibility index (Phi) is 5.16. The molecule has 0 aromatic heterocycles. The fourth-order valence-electron chi connectivity index (χ4n) is 3.59. The summed E-state index contributed by atoms with van der Waals surface area (Å²) < 4.78 is 10.7. The van der Waals surface area contributed by atoms with E-state index < -0.39 is 0 Å². The van der Waals surface area contributed by atoms with Crippen LogP contribution in [0.2, 0.25) is 0 Å². The molecule has 2 aromatic carbocycles. The SMILES string of the molecule is CC(C(=O)Nc1ccc2c(c1)OCO2)N1CCC(Nc2ccccc2)CC1. The number of carbonyl (C=O) groups is 1. The van der Waals surface area contributed by atoms with Gasteiger partial charge in [0.15, 0.2) is 11.5 Å². The molecule has 27 heavy (non-hydrogen) atoms. The third-order valence-corrected chi connectivity index (χ3v) is 5.24. The molecule has 2 aliphatic heterocycles. The van der Waals surface area contributed by atoms with Crippen LogP contribution in [-0.2, 0) is 4.79 Å². The third-order valence-electron chi connectivity index (χ3n) is 5.24. The minimum absolute atomic E-state index is 0.00309. The number of fused-ring (bicyclic) bond motifs is 1. The van der Waals surface area contributed by atoms with Gasteiger partial charge in [-0.2, -0.15) is 0 Å². The summed E-state index contributed by atoms with van der Waals surface area (Å²) in [5, 5.41) is 6.57. The second kappa shape index (κ2) is 7.88. The largest absolute Gasteiger partial charge is 0.454 e. The zero-order chi connectivity index (χ0) is 18.6.